The van der Waals surface area contributed by atoms with Crippen LogP contribution < -0.4 is 4.90 Å². The van der Waals surface area contributed by atoms with Gasteiger partial charge >= 0.3 is 18.3 Å². The first kappa shape index (κ1) is 21.4. The van der Waals surface area contributed by atoms with Crippen LogP contribution in [0, 0.1) is 0 Å². The molecule has 2 aromatic rings. The molecule has 0 bridgehead atoms. The summed E-state index contributed by atoms with van der Waals surface area (Å²) in [6.45, 7) is 5.08. The van der Waals surface area contributed by atoms with Crippen LogP contribution in [0.5, 0.6) is 0 Å². The van der Waals surface area contributed by atoms with E-state index in [0.29, 0.717) is 16.2 Å². The fourth-order valence-electron chi connectivity index (χ4n) is 2.23. The van der Waals surface area contributed by atoms with Crippen LogP contribution in [0.25, 0.3) is 11.3 Å². The van der Waals surface area contributed by atoms with Crippen LogP contribution in [0.4, 0.5) is 20.3 Å². The van der Waals surface area contributed by atoms with Gasteiger partial charge in [0, 0.05) is 10.0 Å². The van der Waals surface area contributed by atoms with E-state index in [1.54, 1.807) is 45.0 Å². The van der Waals surface area contributed by atoms with Crippen molar-refractivity contribution in [2.75, 3.05) is 19.1 Å². The lowest BCUT2D eigenvalue weighted by molar-refractivity contribution is 0.0542. The maximum atomic E-state index is 12.9. The number of halogens is 1. The third kappa shape index (κ3) is 4.69. The molecule has 0 aliphatic carbocycles. The molecular weight excluding hydrogens is 434 g/mol. The van der Waals surface area contributed by atoms with Crippen molar-refractivity contribution in [3.05, 3.63) is 34.9 Å². The summed E-state index contributed by atoms with van der Waals surface area (Å²) in [4.78, 5) is 41.8. The Morgan fingerprint density at radius 3 is 2.04 bits per heavy atom. The van der Waals surface area contributed by atoms with E-state index in [2.05, 4.69) is 30.4 Å². The lowest BCUT2D eigenvalue weighted by Gasteiger charge is -2.23. The van der Waals surface area contributed by atoms with Gasteiger partial charge in [0.1, 0.15) is 5.60 Å². The number of methoxy groups -OCH3 is 2. The number of benzene rings is 1. The highest BCUT2D eigenvalue weighted by Gasteiger charge is 2.34. The van der Waals surface area contributed by atoms with Crippen LogP contribution in [0.1, 0.15) is 20.8 Å². The molecule has 10 heteroatoms. The molecule has 0 fully saturated rings. The highest BCUT2D eigenvalue weighted by molar-refractivity contribution is 9.10. The SMILES string of the molecule is COC(=O)N(C(=O)OC)c1ncc(-c2ccc(Br)cc2)n1C(=O)OC(C)(C)C. The van der Waals surface area contributed by atoms with Crippen LogP contribution in [0.15, 0.2) is 34.9 Å². The number of imide groups is 1. The molecule has 0 spiro atoms. The van der Waals surface area contributed by atoms with E-state index in [-0.39, 0.29) is 5.95 Å². The van der Waals surface area contributed by atoms with Gasteiger partial charge in [0.2, 0.25) is 5.95 Å². The molecule has 0 saturated heterocycles. The summed E-state index contributed by atoms with van der Waals surface area (Å²) in [5.41, 5.74) is 0.105. The second-order valence-electron chi connectivity index (χ2n) is 6.54. The van der Waals surface area contributed by atoms with Crippen molar-refractivity contribution in [1.29, 1.82) is 0 Å². The Morgan fingerprint density at radius 2 is 1.57 bits per heavy atom. The zero-order chi connectivity index (χ0) is 21.1. The molecule has 9 nitrogen and oxygen atoms in total. The molecule has 1 aromatic heterocycles. The molecule has 0 aliphatic rings. The summed E-state index contributed by atoms with van der Waals surface area (Å²) in [6, 6.07) is 7.04. The minimum Gasteiger partial charge on any atom is -0.452 e. The number of hydrogen-bond acceptors (Lipinski definition) is 7. The van der Waals surface area contributed by atoms with Gasteiger partial charge in [-0.1, -0.05) is 28.1 Å². The summed E-state index contributed by atoms with van der Waals surface area (Å²) >= 11 is 3.35. The van der Waals surface area contributed by atoms with E-state index in [1.165, 1.54) is 6.20 Å². The fourth-order valence-corrected chi connectivity index (χ4v) is 2.50. The highest BCUT2D eigenvalue weighted by Crippen LogP contribution is 2.28. The van der Waals surface area contributed by atoms with Gasteiger partial charge in [-0.3, -0.25) is 0 Å². The lowest BCUT2D eigenvalue weighted by atomic mass is 10.2. The van der Waals surface area contributed by atoms with Gasteiger partial charge in [-0.2, -0.15) is 0 Å². The topological polar surface area (TPSA) is 100.0 Å². The number of aromatic nitrogens is 2. The molecule has 1 aromatic carbocycles. The van der Waals surface area contributed by atoms with E-state index in [9.17, 15) is 14.4 Å². The summed E-state index contributed by atoms with van der Waals surface area (Å²) in [6.07, 6.45) is -1.61. The van der Waals surface area contributed by atoms with Gasteiger partial charge in [-0.25, -0.2) is 23.9 Å². The second kappa shape index (κ2) is 8.42. The molecule has 0 atom stereocenters. The number of ether oxygens (including phenoxy) is 3. The van der Waals surface area contributed by atoms with Crippen molar-refractivity contribution in [3.8, 4) is 11.3 Å². The molecule has 28 heavy (non-hydrogen) atoms. The van der Waals surface area contributed by atoms with Gasteiger partial charge < -0.3 is 14.2 Å². The monoisotopic (exact) mass is 453 g/mol. The standard InChI is InChI=1S/C18H20BrN3O6/c1-18(2,3)28-17(25)21-13(11-6-8-12(19)9-7-11)10-20-14(21)22(15(23)26-4)16(24)27-5/h6-10H,1-5H3. The molecule has 0 radical (unpaired) electrons. The molecule has 2 amide bonds. The zero-order valence-corrected chi connectivity index (χ0v) is 17.6. The van der Waals surface area contributed by atoms with E-state index in [1.807, 2.05) is 0 Å². The molecule has 0 aliphatic heterocycles. The average molecular weight is 454 g/mol. The average Bonchev–Trinajstić information content (AvgIpc) is 3.05. The first-order valence-corrected chi connectivity index (χ1v) is 8.91. The number of amides is 2. The van der Waals surface area contributed by atoms with Crippen LogP contribution in [0.2, 0.25) is 0 Å². The summed E-state index contributed by atoms with van der Waals surface area (Å²) < 4.78 is 16.5. The van der Waals surface area contributed by atoms with Crippen LogP contribution in [-0.4, -0.2) is 47.7 Å². The van der Waals surface area contributed by atoms with E-state index >= 15 is 0 Å². The van der Waals surface area contributed by atoms with Crippen LogP contribution in [-0.2, 0) is 14.2 Å². The number of imidazole rings is 1. The number of carbonyl (C=O) groups excluding carboxylic acids is 3. The minimum atomic E-state index is -1.07. The Balaban J connectivity index is 2.68. The largest absolute Gasteiger partial charge is 0.452 e. The summed E-state index contributed by atoms with van der Waals surface area (Å²) in [5.74, 6) is -0.314. The second-order valence-corrected chi connectivity index (χ2v) is 7.46. The molecule has 0 saturated carbocycles. The number of nitrogens with zero attached hydrogens (tertiary/aromatic N) is 3. The van der Waals surface area contributed by atoms with Crippen molar-refractivity contribution in [2.24, 2.45) is 0 Å². The normalized spacial score (nSPS) is 10.9. The van der Waals surface area contributed by atoms with E-state index in [4.69, 9.17) is 4.74 Å². The quantitative estimate of drug-likeness (QED) is 0.619. The Labute approximate surface area is 170 Å². The number of rotatable bonds is 2. The van der Waals surface area contributed by atoms with Crippen LogP contribution >= 0.6 is 15.9 Å². The zero-order valence-electron chi connectivity index (χ0n) is 16.1. The molecule has 1 heterocycles. The van der Waals surface area contributed by atoms with Gasteiger partial charge in [-0.05, 0) is 32.9 Å². The highest BCUT2D eigenvalue weighted by atomic mass is 79.9. The van der Waals surface area contributed by atoms with Gasteiger partial charge in [0.05, 0.1) is 26.1 Å². The van der Waals surface area contributed by atoms with Crippen molar-refractivity contribution in [3.63, 3.8) is 0 Å². The van der Waals surface area contributed by atoms with Gasteiger partial charge in [0.15, 0.2) is 0 Å². The van der Waals surface area contributed by atoms with Gasteiger partial charge in [0.25, 0.3) is 0 Å². The summed E-state index contributed by atoms with van der Waals surface area (Å²) in [5, 5.41) is 0. The minimum absolute atomic E-state index is 0.314. The van der Waals surface area contributed by atoms with Crippen molar-refractivity contribution in [1.82, 2.24) is 9.55 Å². The number of carbonyl (C=O) groups is 3. The number of anilines is 1. The number of hydrogen-bond donors (Lipinski definition) is 0. The van der Waals surface area contributed by atoms with Crippen molar-refractivity contribution in [2.45, 2.75) is 26.4 Å². The van der Waals surface area contributed by atoms with Crippen molar-refractivity contribution >= 4 is 40.2 Å². The van der Waals surface area contributed by atoms with Crippen LogP contribution in [0.3, 0.4) is 0 Å². The predicted octanol–water partition coefficient (Wildman–Crippen LogP) is 4.44. The smallest absolute Gasteiger partial charge is 0.426 e. The fraction of sp³-hybridized carbons (Fsp3) is 0.333. The maximum absolute atomic E-state index is 12.9. The van der Waals surface area contributed by atoms with E-state index < -0.39 is 23.9 Å². The third-order valence-corrected chi connectivity index (χ3v) is 3.90. The van der Waals surface area contributed by atoms with Crippen molar-refractivity contribution < 1.29 is 28.6 Å². The van der Waals surface area contributed by atoms with Gasteiger partial charge in [-0.15, -0.1) is 4.90 Å². The lowest BCUT2D eigenvalue weighted by Crippen LogP contribution is -2.40. The maximum Gasteiger partial charge on any atom is 0.426 e. The van der Waals surface area contributed by atoms with E-state index in [0.717, 1.165) is 23.3 Å². The molecular formula is C18H20BrN3O6. The molecule has 2 rings (SSSR count). The Bertz CT molecular complexity index is 870. The Morgan fingerprint density at radius 1 is 1.04 bits per heavy atom. The Hall–Kier alpha value is -2.88. The molecule has 0 N–H and O–H groups in total. The Kier molecular flexibility index (Phi) is 6.45. The molecule has 150 valence electrons. The molecule has 0 unspecified atom stereocenters. The first-order chi connectivity index (χ1) is 13.1. The third-order valence-electron chi connectivity index (χ3n) is 3.37. The first-order valence-electron chi connectivity index (χ1n) is 8.12. The predicted molar refractivity (Wildman–Crippen MR) is 104 cm³/mol. The summed E-state index contributed by atoms with van der Waals surface area (Å²) in [7, 11) is 2.18.